The molecule has 0 saturated carbocycles. The monoisotopic (exact) mass is 419 g/mol. The molecule has 31 heavy (non-hydrogen) atoms. The number of rotatable bonds is 6. The summed E-state index contributed by atoms with van der Waals surface area (Å²) in [5.74, 6) is -0.567. The van der Waals surface area contributed by atoms with Crippen molar-refractivity contribution in [3.63, 3.8) is 0 Å². The van der Waals surface area contributed by atoms with E-state index in [2.05, 4.69) is 15.5 Å². The number of nitrogens with zero attached hydrogens (tertiary/aromatic N) is 1. The maximum Gasteiger partial charge on any atom is 0.255 e. The van der Waals surface area contributed by atoms with Crippen molar-refractivity contribution in [1.82, 2.24) is 15.5 Å². The van der Waals surface area contributed by atoms with Gasteiger partial charge in [-0.05, 0) is 53.6 Å². The minimum Gasteiger partial charge on any atom is -0.495 e. The van der Waals surface area contributed by atoms with Crippen LogP contribution in [0.5, 0.6) is 5.75 Å². The first-order valence-electron chi connectivity index (χ1n) is 9.56. The lowest BCUT2D eigenvalue weighted by atomic mass is 10.1. The fourth-order valence-electron chi connectivity index (χ4n) is 3.25. The van der Waals surface area contributed by atoms with Crippen molar-refractivity contribution in [3.8, 4) is 5.75 Å². The van der Waals surface area contributed by atoms with Gasteiger partial charge in [-0.2, -0.15) is 5.10 Å². The quantitative estimate of drug-likeness (QED) is 0.465. The summed E-state index contributed by atoms with van der Waals surface area (Å²) in [6.45, 7) is 0.253. The largest absolute Gasteiger partial charge is 0.495 e. The minimum atomic E-state index is -0.330. The van der Waals surface area contributed by atoms with E-state index in [0.29, 0.717) is 27.9 Å². The predicted molar refractivity (Wildman–Crippen MR) is 116 cm³/mol. The second kappa shape index (κ2) is 8.79. The highest BCUT2D eigenvalue weighted by Crippen LogP contribution is 2.32. The molecule has 0 saturated heterocycles. The second-order valence-electron chi connectivity index (χ2n) is 6.87. The summed E-state index contributed by atoms with van der Waals surface area (Å²) in [5.41, 5.74) is 3.25. The maximum atomic E-state index is 13.1. The van der Waals surface area contributed by atoms with Crippen LogP contribution in [0.4, 0.5) is 8.78 Å². The van der Waals surface area contributed by atoms with E-state index < -0.39 is 0 Å². The highest BCUT2D eigenvalue weighted by molar-refractivity contribution is 6.05. The minimum absolute atomic E-state index is 0.253. The summed E-state index contributed by atoms with van der Waals surface area (Å²) in [7, 11) is 1.49. The molecule has 4 rings (SSSR count). The zero-order chi connectivity index (χ0) is 21.8. The van der Waals surface area contributed by atoms with Gasteiger partial charge in [0.1, 0.15) is 17.4 Å². The lowest BCUT2D eigenvalue weighted by Gasteiger charge is -2.11. The van der Waals surface area contributed by atoms with Crippen molar-refractivity contribution in [2.75, 3.05) is 7.11 Å². The third-order valence-electron chi connectivity index (χ3n) is 4.83. The standard InChI is InChI=1S/C24H19F2N3O2/c1-31-23-19(24(30)27-14-16-4-9-18(26)10-5-16)11-13-21-22(23)20(28-29-21)12-6-15-2-7-17(25)8-3-15/h2-13H,14H2,1H3,(H,27,30)(H,28,29). The molecule has 1 amide bonds. The highest BCUT2D eigenvalue weighted by Gasteiger charge is 2.18. The van der Waals surface area contributed by atoms with Crippen LogP contribution in [-0.2, 0) is 6.54 Å². The Hall–Kier alpha value is -4.00. The number of aromatic amines is 1. The number of halogens is 2. The van der Waals surface area contributed by atoms with E-state index in [1.807, 2.05) is 0 Å². The number of nitrogens with one attached hydrogen (secondary N) is 2. The Kier molecular flexibility index (Phi) is 5.75. The first-order valence-corrected chi connectivity index (χ1v) is 9.56. The predicted octanol–water partition coefficient (Wildman–Crippen LogP) is 4.95. The van der Waals surface area contributed by atoms with Gasteiger partial charge in [0.15, 0.2) is 0 Å². The van der Waals surface area contributed by atoms with E-state index >= 15 is 0 Å². The van der Waals surface area contributed by atoms with Crippen LogP contribution >= 0.6 is 0 Å². The van der Waals surface area contributed by atoms with Crippen molar-refractivity contribution in [3.05, 3.63) is 94.7 Å². The van der Waals surface area contributed by atoms with Crippen molar-refractivity contribution >= 4 is 29.0 Å². The summed E-state index contributed by atoms with van der Waals surface area (Å²) < 4.78 is 31.7. The molecule has 0 bridgehead atoms. The van der Waals surface area contributed by atoms with E-state index in [1.54, 1.807) is 48.6 Å². The van der Waals surface area contributed by atoms with Gasteiger partial charge in [0.05, 0.1) is 29.3 Å². The van der Waals surface area contributed by atoms with Gasteiger partial charge in [-0.1, -0.05) is 30.3 Å². The first-order chi connectivity index (χ1) is 15.0. The van der Waals surface area contributed by atoms with Gasteiger partial charge in [0, 0.05) is 6.54 Å². The molecule has 5 nitrogen and oxygen atoms in total. The van der Waals surface area contributed by atoms with Crippen LogP contribution in [-0.4, -0.2) is 23.2 Å². The van der Waals surface area contributed by atoms with E-state index in [9.17, 15) is 13.6 Å². The number of H-pyrrole nitrogens is 1. The number of carbonyl (C=O) groups is 1. The summed E-state index contributed by atoms with van der Waals surface area (Å²) in [5, 5.41) is 10.7. The Bertz CT molecular complexity index is 1250. The summed E-state index contributed by atoms with van der Waals surface area (Å²) >= 11 is 0. The molecule has 0 fully saturated rings. The Morgan fingerprint density at radius 3 is 2.35 bits per heavy atom. The van der Waals surface area contributed by atoms with Gasteiger partial charge < -0.3 is 10.1 Å². The first kappa shape index (κ1) is 20.3. The third kappa shape index (κ3) is 4.45. The number of ether oxygens (including phenoxy) is 1. The van der Waals surface area contributed by atoms with E-state index in [-0.39, 0.29) is 24.1 Å². The summed E-state index contributed by atoms with van der Waals surface area (Å²) in [6.07, 6.45) is 3.57. The van der Waals surface area contributed by atoms with Crippen LogP contribution in [0.3, 0.4) is 0 Å². The molecule has 3 aromatic carbocycles. The molecular weight excluding hydrogens is 400 g/mol. The lowest BCUT2D eigenvalue weighted by Crippen LogP contribution is -2.23. The van der Waals surface area contributed by atoms with Gasteiger partial charge in [-0.25, -0.2) is 8.78 Å². The van der Waals surface area contributed by atoms with Crippen LogP contribution < -0.4 is 10.1 Å². The third-order valence-corrected chi connectivity index (χ3v) is 4.83. The molecule has 0 radical (unpaired) electrons. The molecule has 2 N–H and O–H groups in total. The number of methoxy groups -OCH3 is 1. The van der Waals surface area contributed by atoms with Crippen LogP contribution in [0.1, 0.15) is 27.2 Å². The second-order valence-corrected chi connectivity index (χ2v) is 6.87. The van der Waals surface area contributed by atoms with Crippen molar-refractivity contribution in [2.45, 2.75) is 6.54 Å². The lowest BCUT2D eigenvalue weighted by molar-refractivity contribution is 0.0948. The number of fused-ring (bicyclic) bond motifs is 1. The Balaban J connectivity index is 1.62. The molecular formula is C24H19F2N3O2. The van der Waals surface area contributed by atoms with E-state index in [1.165, 1.54) is 31.4 Å². The molecule has 0 aliphatic rings. The Labute approximate surface area is 177 Å². The van der Waals surface area contributed by atoms with Crippen LogP contribution in [0.15, 0.2) is 60.7 Å². The average molecular weight is 419 g/mol. The molecule has 1 aromatic heterocycles. The molecule has 0 aliphatic carbocycles. The van der Waals surface area contributed by atoms with Gasteiger partial charge in [-0.15, -0.1) is 0 Å². The molecule has 0 atom stereocenters. The Morgan fingerprint density at radius 1 is 1.00 bits per heavy atom. The number of benzene rings is 3. The number of carbonyl (C=O) groups excluding carboxylic acids is 1. The van der Waals surface area contributed by atoms with Gasteiger partial charge in [0.2, 0.25) is 0 Å². The molecule has 0 unspecified atom stereocenters. The number of hydrogen-bond donors (Lipinski definition) is 2. The van der Waals surface area contributed by atoms with Crippen LogP contribution in [0.2, 0.25) is 0 Å². The molecule has 1 heterocycles. The van der Waals surface area contributed by atoms with Gasteiger partial charge >= 0.3 is 0 Å². The molecule has 0 aliphatic heterocycles. The SMILES string of the molecule is COc1c(C(=O)NCc2ccc(F)cc2)ccc2[nH]nc(C=Cc3ccc(F)cc3)c12. The summed E-state index contributed by atoms with van der Waals surface area (Å²) in [6, 6.07) is 15.4. The van der Waals surface area contributed by atoms with Crippen molar-refractivity contribution < 1.29 is 18.3 Å². The van der Waals surface area contributed by atoms with Gasteiger partial charge in [0.25, 0.3) is 5.91 Å². The average Bonchev–Trinajstić information content (AvgIpc) is 3.20. The van der Waals surface area contributed by atoms with Crippen molar-refractivity contribution in [2.24, 2.45) is 0 Å². The normalized spacial score (nSPS) is 11.2. The number of aromatic nitrogens is 2. The van der Waals surface area contributed by atoms with E-state index in [4.69, 9.17) is 4.74 Å². The molecule has 7 heteroatoms. The Morgan fingerprint density at radius 2 is 1.68 bits per heavy atom. The maximum absolute atomic E-state index is 13.1. The van der Waals surface area contributed by atoms with Gasteiger partial charge in [-0.3, -0.25) is 9.89 Å². The fourth-order valence-corrected chi connectivity index (χ4v) is 3.25. The molecule has 4 aromatic rings. The molecule has 0 spiro atoms. The van der Waals surface area contributed by atoms with Crippen LogP contribution in [0.25, 0.3) is 23.1 Å². The molecule has 156 valence electrons. The number of amides is 1. The summed E-state index contributed by atoms with van der Waals surface area (Å²) in [4.78, 5) is 12.8. The smallest absolute Gasteiger partial charge is 0.255 e. The van der Waals surface area contributed by atoms with Crippen molar-refractivity contribution in [1.29, 1.82) is 0 Å². The number of hydrogen-bond acceptors (Lipinski definition) is 3. The fraction of sp³-hybridized carbons (Fsp3) is 0.0833. The van der Waals surface area contributed by atoms with Crippen LogP contribution in [0, 0.1) is 11.6 Å². The highest BCUT2D eigenvalue weighted by atomic mass is 19.1. The zero-order valence-corrected chi connectivity index (χ0v) is 16.7. The topological polar surface area (TPSA) is 67.0 Å². The van der Waals surface area contributed by atoms with E-state index in [0.717, 1.165) is 11.1 Å². The zero-order valence-electron chi connectivity index (χ0n) is 16.7.